The number of nitrogens with one attached hydrogen (secondary N) is 1. The highest BCUT2D eigenvalue weighted by atomic mass is 79.9. The summed E-state index contributed by atoms with van der Waals surface area (Å²) in [4.78, 5) is 12.2. The summed E-state index contributed by atoms with van der Waals surface area (Å²) in [6.45, 7) is 0.685. The van der Waals surface area contributed by atoms with Crippen LogP contribution < -0.4 is 5.32 Å². The average Bonchev–Trinajstić information content (AvgIpc) is 3.17. The Hall–Kier alpha value is -2.42. The number of ether oxygens (including phenoxy) is 1. The van der Waals surface area contributed by atoms with E-state index in [-0.39, 0.29) is 5.75 Å². The molecule has 3 rings (SSSR count). The lowest BCUT2D eigenvalue weighted by molar-refractivity contribution is -0.113. The molecule has 3 aromatic rings. The molecule has 152 valence electrons. The van der Waals surface area contributed by atoms with Gasteiger partial charge in [0.2, 0.25) is 5.91 Å². The van der Waals surface area contributed by atoms with Gasteiger partial charge in [-0.25, -0.2) is 8.42 Å². The molecule has 8 heteroatoms. The van der Waals surface area contributed by atoms with Crippen molar-refractivity contribution in [2.45, 2.75) is 19.0 Å². The van der Waals surface area contributed by atoms with Gasteiger partial charge in [-0.05, 0) is 47.5 Å². The molecule has 0 spiro atoms. The van der Waals surface area contributed by atoms with Crippen molar-refractivity contribution in [2.75, 3.05) is 11.1 Å². The number of hydrogen-bond donors (Lipinski definition) is 1. The smallest absolute Gasteiger partial charge is 0.239 e. The fourth-order valence-corrected chi connectivity index (χ4v) is 4.22. The lowest BCUT2D eigenvalue weighted by Gasteiger charge is -2.09. The molecule has 0 saturated heterocycles. The van der Waals surface area contributed by atoms with Crippen molar-refractivity contribution in [3.63, 3.8) is 0 Å². The fraction of sp³-hybridized carbons (Fsp3) is 0.190. The van der Waals surface area contributed by atoms with Crippen LogP contribution in [0.25, 0.3) is 0 Å². The quantitative estimate of drug-likeness (QED) is 0.496. The number of carbonyl (C=O) groups is 1. The van der Waals surface area contributed by atoms with Crippen molar-refractivity contribution in [3.05, 3.63) is 88.3 Å². The number of amides is 1. The topological polar surface area (TPSA) is 85.6 Å². The van der Waals surface area contributed by atoms with Crippen LogP contribution in [0.5, 0.6) is 0 Å². The first-order valence-electron chi connectivity index (χ1n) is 8.83. The monoisotopic (exact) mass is 477 g/mol. The second kappa shape index (κ2) is 9.87. The van der Waals surface area contributed by atoms with Crippen molar-refractivity contribution in [1.29, 1.82) is 0 Å². The third-order valence-corrected chi connectivity index (χ3v) is 5.96. The molecule has 1 amide bonds. The van der Waals surface area contributed by atoms with E-state index >= 15 is 0 Å². The largest absolute Gasteiger partial charge is 0.467 e. The molecule has 0 aliphatic rings. The van der Waals surface area contributed by atoms with Gasteiger partial charge in [-0.1, -0.05) is 40.2 Å². The standard InChI is InChI=1S/C21H20BrNO5S/c22-18-8-6-16(7-9-18)14-29(25,26)15-21(24)23-19-4-1-3-17(11-19)12-27-13-20-5-2-10-28-20/h1-11H,12-15H2,(H,23,24). The van der Waals surface area contributed by atoms with Gasteiger partial charge in [-0.15, -0.1) is 0 Å². The molecule has 29 heavy (non-hydrogen) atoms. The molecule has 1 N–H and O–H groups in total. The summed E-state index contributed by atoms with van der Waals surface area (Å²) in [7, 11) is -3.58. The molecule has 0 aliphatic heterocycles. The van der Waals surface area contributed by atoms with Crippen molar-refractivity contribution in [1.82, 2.24) is 0 Å². The van der Waals surface area contributed by atoms with Gasteiger partial charge >= 0.3 is 0 Å². The van der Waals surface area contributed by atoms with Crippen LogP contribution in [0.15, 0.2) is 75.8 Å². The number of halogens is 1. The summed E-state index contributed by atoms with van der Waals surface area (Å²) in [5, 5.41) is 2.64. The van der Waals surface area contributed by atoms with Gasteiger partial charge in [0.15, 0.2) is 9.84 Å². The van der Waals surface area contributed by atoms with E-state index in [2.05, 4.69) is 21.2 Å². The summed E-state index contributed by atoms with van der Waals surface area (Å²) in [6, 6.07) is 17.7. The average molecular weight is 478 g/mol. The number of sulfone groups is 1. The van der Waals surface area contributed by atoms with E-state index in [9.17, 15) is 13.2 Å². The molecular weight excluding hydrogens is 458 g/mol. The molecule has 0 atom stereocenters. The Morgan fingerprint density at radius 3 is 2.52 bits per heavy atom. The van der Waals surface area contributed by atoms with Crippen molar-refractivity contribution < 1.29 is 22.4 Å². The van der Waals surface area contributed by atoms with Crippen molar-refractivity contribution >= 4 is 37.4 Å². The minimum absolute atomic E-state index is 0.186. The maximum atomic E-state index is 12.3. The number of furan rings is 1. The summed E-state index contributed by atoms with van der Waals surface area (Å²) in [5.41, 5.74) is 2.01. The van der Waals surface area contributed by atoms with Crippen LogP contribution in [-0.4, -0.2) is 20.1 Å². The first kappa shape index (κ1) is 21.3. The maximum Gasteiger partial charge on any atom is 0.239 e. The van der Waals surface area contributed by atoms with E-state index in [1.165, 1.54) is 0 Å². The van der Waals surface area contributed by atoms with Crippen LogP contribution in [0.1, 0.15) is 16.9 Å². The van der Waals surface area contributed by atoms with Gasteiger partial charge in [-0.3, -0.25) is 4.79 Å². The highest BCUT2D eigenvalue weighted by Crippen LogP contribution is 2.15. The molecule has 0 aliphatic carbocycles. The molecule has 0 bridgehead atoms. The summed E-state index contributed by atoms with van der Waals surface area (Å²) < 4.78 is 36.3. The molecule has 2 aromatic carbocycles. The zero-order valence-corrected chi connectivity index (χ0v) is 17.9. The van der Waals surface area contributed by atoms with Gasteiger partial charge in [0, 0.05) is 10.2 Å². The van der Waals surface area contributed by atoms with Crippen molar-refractivity contribution in [3.8, 4) is 0 Å². The molecule has 0 fully saturated rings. The molecule has 1 aromatic heterocycles. The first-order valence-corrected chi connectivity index (χ1v) is 11.4. The third kappa shape index (κ3) is 7.16. The molecule has 1 heterocycles. The van der Waals surface area contributed by atoms with Crippen LogP contribution >= 0.6 is 15.9 Å². The summed E-state index contributed by atoms with van der Waals surface area (Å²) >= 11 is 3.31. The minimum atomic E-state index is -3.58. The van der Waals surface area contributed by atoms with E-state index in [0.717, 1.165) is 15.8 Å². The predicted octanol–water partition coefficient (Wildman–Crippen LogP) is 4.31. The molecule has 0 radical (unpaired) electrons. The fourth-order valence-electron chi connectivity index (χ4n) is 2.69. The summed E-state index contributed by atoms with van der Waals surface area (Å²) in [5.74, 6) is -0.613. The Morgan fingerprint density at radius 2 is 1.79 bits per heavy atom. The van der Waals surface area contributed by atoms with Crippen LogP contribution in [0.2, 0.25) is 0 Å². The van der Waals surface area contributed by atoms with Crippen LogP contribution in [-0.2, 0) is 38.3 Å². The van der Waals surface area contributed by atoms with Gasteiger partial charge < -0.3 is 14.5 Å². The maximum absolute atomic E-state index is 12.3. The Labute approximate surface area is 177 Å². The SMILES string of the molecule is O=C(CS(=O)(=O)Cc1ccc(Br)cc1)Nc1cccc(COCc2ccco2)c1. The Kier molecular flexibility index (Phi) is 7.24. The lowest BCUT2D eigenvalue weighted by Crippen LogP contribution is -2.24. The van der Waals surface area contributed by atoms with Gasteiger partial charge in [0.1, 0.15) is 18.1 Å². The summed E-state index contributed by atoms with van der Waals surface area (Å²) in [6.07, 6.45) is 1.58. The number of rotatable bonds is 9. The molecule has 0 unspecified atom stereocenters. The van der Waals surface area contributed by atoms with E-state index in [1.807, 2.05) is 12.1 Å². The van der Waals surface area contributed by atoms with Gasteiger partial charge in [-0.2, -0.15) is 0 Å². The second-order valence-corrected chi connectivity index (χ2v) is 9.46. The van der Waals surface area contributed by atoms with E-state index in [0.29, 0.717) is 24.5 Å². The van der Waals surface area contributed by atoms with E-state index < -0.39 is 21.5 Å². The van der Waals surface area contributed by atoms with Gasteiger partial charge in [0.05, 0.1) is 18.6 Å². The van der Waals surface area contributed by atoms with E-state index in [4.69, 9.17) is 9.15 Å². The third-order valence-electron chi connectivity index (χ3n) is 3.95. The van der Waals surface area contributed by atoms with Crippen LogP contribution in [0.3, 0.4) is 0 Å². The highest BCUT2D eigenvalue weighted by Gasteiger charge is 2.17. The van der Waals surface area contributed by atoms with Crippen molar-refractivity contribution in [2.24, 2.45) is 0 Å². The normalized spacial score (nSPS) is 11.3. The Morgan fingerprint density at radius 1 is 1.00 bits per heavy atom. The minimum Gasteiger partial charge on any atom is -0.467 e. The molecule has 6 nitrogen and oxygen atoms in total. The van der Waals surface area contributed by atoms with Crippen LogP contribution in [0, 0.1) is 0 Å². The number of hydrogen-bond acceptors (Lipinski definition) is 5. The number of carbonyl (C=O) groups excluding carboxylic acids is 1. The lowest BCUT2D eigenvalue weighted by atomic mass is 10.2. The highest BCUT2D eigenvalue weighted by molar-refractivity contribution is 9.10. The number of benzene rings is 2. The van der Waals surface area contributed by atoms with Crippen LogP contribution in [0.4, 0.5) is 5.69 Å². The predicted molar refractivity (Wildman–Crippen MR) is 114 cm³/mol. The van der Waals surface area contributed by atoms with Gasteiger partial charge in [0.25, 0.3) is 0 Å². The zero-order valence-electron chi connectivity index (χ0n) is 15.5. The van der Waals surface area contributed by atoms with E-state index in [1.54, 1.807) is 54.8 Å². The Balaban J connectivity index is 1.52. The first-order chi connectivity index (χ1) is 13.9. The number of anilines is 1. The Bertz CT molecular complexity index is 1050. The second-order valence-electron chi connectivity index (χ2n) is 6.48. The molecular formula is C21H20BrNO5S. The molecule has 0 saturated carbocycles. The zero-order chi connectivity index (χ0) is 20.7.